The maximum absolute atomic E-state index is 13.1. The van der Waals surface area contributed by atoms with Crippen LogP contribution < -0.4 is 25.8 Å². The number of aryl methyl sites for hydroxylation is 1. The summed E-state index contributed by atoms with van der Waals surface area (Å²) in [6.45, 7) is 1.50. The van der Waals surface area contributed by atoms with Crippen LogP contribution in [0.15, 0.2) is 59.7 Å². The Hall–Kier alpha value is -4.18. The van der Waals surface area contributed by atoms with Gasteiger partial charge in [-0.05, 0) is 48.9 Å². The molecule has 0 saturated carbocycles. The van der Waals surface area contributed by atoms with Crippen LogP contribution in [-0.2, 0) is 11.3 Å². The second kappa shape index (κ2) is 9.98. The highest BCUT2D eigenvalue weighted by Crippen LogP contribution is 2.29. The minimum absolute atomic E-state index is 0.199. The highest BCUT2D eigenvalue weighted by molar-refractivity contribution is 7.20. The Labute approximate surface area is 206 Å². The van der Waals surface area contributed by atoms with Crippen molar-refractivity contribution in [3.63, 3.8) is 0 Å². The van der Waals surface area contributed by atoms with E-state index in [1.165, 1.54) is 18.0 Å². The normalized spacial score (nSPS) is 10.7. The lowest BCUT2D eigenvalue weighted by atomic mass is 10.2. The Bertz CT molecular complexity index is 1460. The first-order chi connectivity index (χ1) is 16.8. The number of ether oxygens (including phenoxy) is 1. The van der Waals surface area contributed by atoms with Gasteiger partial charge in [0, 0.05) is 25.5 Å². The molecule has 35 heavy (non-hydrogen) atoms. The zero-order chi connectivity index (χ0) is 25.1. The number of rotatable bonds is 7. The lowest BCUT2D eigenvalue weighted by molar-refractivity contribution is -0.116. The number of para-hydroxylation sites is 2. The number of hydrogen-bond donors (Lipinski definition) is 2. The Morgan fingerprint density at radius 2 is 1.80 bits per heavy atom. The molecule has 9 nitrogen and oxygen atoms in total. The molecule has 2 amide bonds. The first-order valence-electron chi connectivity index (χ1n) is 10.8. The van der Waals surface area contributed by atoms with Crippen molar-refractivity contribution in [2.45, 2.75) is 13.5 Å². The fourth-order valence-electron chi connectivity index (χ4n) is 3.61. The van der Waals surface area contributed by atoms with Crippen molar-refractivity contribution in [3.05, 3.63) is 75.7 Å². The number of carbonyl (C=O) groups excluding carboxylic acids is 2. The van der Waals surface area contributed by atoms with E-state index in [2.05, 4.69) is 15.6 Å². The second-order valence-corrected chi connectivity index (χ2v) is 9.06. The van der Waals surface area contributed by atoms with Crippen LogP contribution in [0.25, 0.3) is 10.2 Å². The quantitative estimate of drug-likeness (QED) is 0.408. The number of fused-ring (bicyclic) bond motifs is 1. The van der Waals surface area contributed by atoms with Crippen molar-refractivity contribution in [1.29, 1.82) is 0 Å². The number of nitrogens with zero attached hydrogens (tertiary/aromatic N) is 3. The van der Waals surface area contributed by atoms with E-state index in [9.17, 15) is 14.4 Å². The van der Waals surface area contributed by atoms with Crippen LogP contribution in [0, 0.1) is 6.92 Å². The molecule has 2 N–H and O–H groups in total. The number of amides is 2. The lowest BCUT2D eigenvalue weighted by Gasteiger charge is -2.13. The summed E-state index contributed by atoms with van der Waals surface area (Å²) in [7, 11) is 5.39. The molecule has 0 aliphatic rings. The van der Waals surface area contributed by atoms with Gasteiger partial charge in [0.2, 0.25) is 5.91 Å². The van der Waals surface area contributed by atoms with Gasteiger partial charge < -0.3 is 20.3 Å². The molecular weight excluding hydrogens is 466 g/mol. The Morgan fingerprint density at radius 3 is 2.49 bits per heavy atom. The highest BCUT2D eigenvalue weighted by Gasteiger charge is 2.21. The van der Waals surface area contributed by atoms with E-state index in [0.717, 1.165) is 17.0 Å². The smallest absolute Gasteiger partial charge is 0.266 e. The molecule has 0 radical (unpaired) electrons. The van der Waals surface area contributed by atoms with Gasteiger partial charge in [-0.2, -0.15) is 0 Å². The molecule has 0 unspecified atom stereocenters. The van der Waals surface area contributed by atoms with Crippen molar-refractivity contribution in [2.24, 2.45) is 0 Å². The van der Waals surface area contributed by atoms with E-state index in [0.29, 0.717) is 37.8 Å². The number of thiophene rings is 1. The van der Waals surface area contributed by atoms with Crippen LogP contribution in [0.5, 0.6) is 5.75 Å². The Kier molecular flexibility index (Phi) is 6.83. The van der Waals surface area contributed by atoms with Gasteiger partial charge in [-0.25, -0.2) is 4.98 Å². The minimum atomic E-state index is -0.377. The third-order valence-corrected chi connectivity index (χ3v) is 6.66. The van der Waals surface area contributed by atoms with Crippen molar-refractivity contribution >= 4 is 50.4 Å². The van der Waals surface area contributed by atoms with E-state index < -0.39 is 0 Å². The molecule has 0 saturated heterocycles. The van der Waals surface area contributed by atoms with Crippen LogP contribution in [-0.4, -0.2) is 42.6 Å². The van der Waals surface area contributed by atoms with E-state index in [1.807, 2.05) is 31.1 Å². The molecule has 2 aromatic carbocycles. The summed E-state index contributed by atoms with van der Waals surface area (Å²) in [5.41, 5.74) is 2.30. The predicted octanol–water partition coefficient (Wildman–Crippen LogP) is 3.73. The number of anilines is 3. The third-order valence-electron chi connectivity index (χ3n) is 5.46. The molecule has 0 spiro atoms. The molecule has 0 bridgehead atoms. The maximum Gasteiger partial charge on any atom is 0.266 e. The molecule has 2 aromatic heterocycles. The summed E-state index contributed by atoms with van der Waals surface area (Å²) in [4.78, 5) is 45.8. The van der Waals surface area contributed by atoms with E-state index in [4.69, 9.17) is 4.74 Å². The van der Waals surface area contributed by atoms with Crippen LogP contribution in [0.3, 0.4) is 0 Å². The van der Waals surface area contributed by atoms with Gasteiger partial charge in [0.05, 0.1) is 29.4 Å². The maximum atomic E-state index is 13.1. The first-order valence-corrected chi connectivity index (χ1v) is 11.6. The molecule has 0 atom stereocenters. The number of benzene rings is 2. The summed E-state index contributed by atoms with van der Waals surface area (Å²) in [5.74, 6) is -0.185. The van der Waals surface area contributed by atoms with Gasteiger partial charge in [0.15, 0.2) is 0 Å². The predicted molar refractivity (Wildman–Crippen MR) is 139 cm³/mol. The zero-order valence-corrected chi connectivity index (χ0v) is 20.6. The van der Waals surface area contributed by atoms with Crippen LogP contribution in [0.1, 0.15) is 15.2 Å². The molecular formula is C25H25N5O4S. The van der Waals surface area contributed by atoms with E-state index in [1.54, 1.807) is 43.3 Å². The largest absolute Gasteiger partial charge is 0.495 e. The van der Waals surface area contributed by atoms with Gasteiger partial charge in [0.25, 0.3) is 11.5 Å². The van der Waals surface area contributed by atoms with Crippen molar-refractivity contribution in [1.82, 2.24) is 9.55 Å². The zero-order valence-electron chi connectivity index (χ0n) is 19.8. The standard InChI is InChI=1S/C25H25N5O4S/c1-15-21-24(35-22(15)23(32)28-18-7-5-6-8-19(18)34-4)26-14-30(25(21)33)13-20(31)27-16-9-11-17(12-10-16)29(2)3/h5-12,14H,13H2,1-4H3,(H,27,31)(H,28,32). The van der Waals surface area contributed by atoms with Gasteiger partial charge in [-0.15, -0.1) is 11.3 Å². The van der Waals surface area contributed by atoms with E-state index >= 15 is 0 Å². The molecule has 0 fully saturated rings. The molecule has 0 aliphatic carbocycles. The third kappa shape index (κ3) is 5.02. The summed E-state index contributed by atoms with van der Waals surface area (Å²) in [6.07, 6.45) is 1.33. The fourth-order valence-corrected chi connectivity index (χ4v) is 4.65. The van der Waals surface area contributed by atoms with Gasteiger partial charge in [-0.1, -0.05) is 12.1 Å². The number of nitrogens with one attached hydrogen (secondary N) is 2. The summed E-state index contributed by atoms with van der Waals surface area (Å²) < 4.78 is 6.53. The Morgan fingerprint density at radius 1 is 1.09 bits per heavy atom. The molecule has 4 aromatic rings. The van der Waals surface area contributed by atoms with Crippen LogP contribution >= 0.6 is 11.3 Å². The minimum Gasteiger partial charge on any atom is -0.495 e. The second-order valence-electron chi connectivity index (χ2n) is 8.06. The van der Waals surface area contributed by atoms with Gasteiger partial charge in [-0.3, -0.25) is 19.0 Å². The molecule has 10 heteroatoms. The monoisotopic (exact) mass is 491 g/mol. The topological polar surface area (TPSA) is 106 Å². The average Bonchev–Trinajstić information content (AvgIpc) is 3.18. The summed E-state index contributed by atoms with van der Waals surface area (Å²) in [5, 5.41) is 5.94. The Balaban J connectivity index is 1.55. The molecule has 4 rings (SSSR count). The fraction of sp³-hybridized carbons (Fsp3) is 0.200. The molecule has 0 aliphatic heterocycles. The van der Waals surface area contributed by atoms with Crippen molar-refractivity contribution in [2.75, 3.05) is 36.7 Å². The SMILES string of the molecule is COc1ccccc1NC(=O)c1sc2ncn(CC(=O)Nc3ccc(N(C)C)cc3)c(=O)c2c1C. The number of hydrogen-bond acceptors (Lipinski definition) is 7. The van der Waals surface area contributed by atoms with Crippen molar-refractivity contribution in [3.8, 4) is 5.75 Å². The molecule has 2 heterocycles. The van der Waals surface area contributed by atoms with Gasteiger partial charge in [0.1, 0.15) is 17.1 Å². The number of methoxy groups -OCH3 is 1. The summed E-state index contributed by atoms with van der Waals surface area (Å²) >= 11 is 1.13. The average molecular weight is 492 g/mol. The first kappa shape index (κ1) is 24.0. The number of carbonyl (C=O) groups is 2. The van der Waals surface area contributed by atoms with Gasteiger partial charge >= 0.3 is 0 Å². The molecule has 180 valence electrons. The van der Waals surface area contributed by atoms with E-state index in [-0.39, 0.29) is 23.9 Å². The van der Waals surface area contributed by atoms with Crippen LogP contribution in [0.4, 0.5) is 17.1 Å². The lowest BCUT2D eigenvalue weighted by Crippen LogP contribution is -2.28. The van der Waals surface area contributed by atoms with Crippen LogP contribution in [0.2, 0.25) is 0 Å². The van der Waals surface area contributed by atoms with Crippen molar-refractivity contribution < 1.29 is 14.3 Å². The highest BCUT2D eigenvalue weighted by atomic mass is 32.1. The number of aromatic nitrogens is 2. The summed E-state index contributed by atoms with van der Waals surface area (Å²) in [6, 6.07) is 14.5.